The Labute approximate surface area is 109 Å². The van der Waals surface area contributed by atoms with Gasteiger partial charge in [0.05, 0.1) is 0 Å². The molecular formula is C10H19NO3SSe. The van der Waals surface area contributed by atoms with Crippen LogP contribution in [0.15, 0.2) is 0 Å². The van der Waals surface area contributed by atoms with Crippen LogP contribution in [0.5, 0.6) is 0 Å². The van der Waals surface area contributed by atoms with E-state index in [9.17, 15) is 9.90 Å². The van der Waals surface area contributed by atoms with Gasteiger partial charge < -0.3 is 0 Å². The zero-order valence-electron chi connectivity index (χ0n) is 9.86. The second kappa shape index (κ2) is 9.05. The van der Waals surface area contributed by atoms with Crippen molar-refractivity contribution in [3.63, 3.8) is 0 Å². The van der Waals surface area contributed by atoms with Crippen LogP contribution in [0.2, 0.25) is 0 Å². The Kier molecular flexibility index (Phi) is 9.03. The molecule has 0 aromatic heterocycles. The number of nitrogens with one attached hydrogen (secondary N) is 1. The molecule has 0 unspecified atom stereocenters. The van der Waals surface area contributed by atoms with Crippen LogP contribution in [0, 0.1) is 0 Å². The van der Waals surface area contributed by atoms with Gasteiger partial charge in [0.15, 0.2) is 0 Å². The fourth-order valence-electron chi connectivity index (χ4n) is 1.08. The van der Waals surface area contributed by atoms with E-state index in [1.165, 1.54) is 7.11 Å². The van der Waals surface area contributed by atoms with Crippen molar-refractivity contribution < 1.29 is 14.6 Å². The Bertz CT molecular complexity index is 238. The number of aliphatic hydroxyl groups excluding tert-OH is 1. The Hall–Kier alpha value is -0.0305. The van der Waals surface area contributed by atoms with Gasteiger partial charge in [0.2, 0.25) is 0 Å². The summed E-state index contributed by atoms with van der Waals surface area (Å²) in [5, 5.41) is 12.5. The van der Waals surface area contributed by atoms with Crippen LogP contribution >= 0.6 is 11.8 Å². The zero-order chi connectivity index (χ0) is 12.6. The molecule has 0 saturated heterocycles. The Morgan fingerprint density at radius 2 is 2.25 bits per heavy atom. The Balaban J connectivity index is 4.30. The quantitative estimate of drug-likeness (QED) is 0.486. The van der Waals surface area contributed by atoms with E-state index in [-0.39, 0.29) is 5.97 Å². The summed E-state index contributed by atoms with van der Waals surface area (Å²) in [5.74, 6) is 0.563. The molecule has 2 atom stereocenters. The van der Waals surface area contributed by atoms with Gasteiger partial charge >= 0.3 is 109 Å². The van der Waals surface area contributed by atoms with Crippen LogP contribution in [-0.2, 0) is 9.53 Å². The zero-order valence-corrected chi connectivity index (χ0v) is 12.4. The molecule has 0 radical (unpaired) electrons. The topological polar surface area (TPSA) is 58.6 Å². The number of ether oxygens (including phenoxy) is 1. The first-order chi connectivity index (χ1) is 7.56. The summed E-state index contributed by atoms with van der Waals surface area (Å²) in [5.41, 5.74) is 0. The van der Waals surface area contributed by atoms with Crippen LogP contribution in [0.3, 0.4) is 0 Å². The first kappa shape index (κ1) is 16.0. The summed E-state index contributed by atoms with van der Waals surface area (Å²) in [4.78, 5) is 11.5. The summed E-state index contributed by atoms with van der Waals surface area (Å²) < 4.78 is 5.30. The standard InChI is InChI=1S/C10H19NO3SSe/c1-4-8(12)9(16)11-7(5-6-15-3)10(13)14-2/h7-8,12H,4-6H2,1-3H3,(H,11,16)/t7-,8-/m0/s1. The minimum atomic E-state index is -0.568. The van der Waals surface area contributed by atoms with E-state index in [4.69, 9.17) is 4.74 Å². The summed E-state index contributed by atoms with van der Waals surface area (Å²) in [6.07, 6.45) is 2.69. The van der Waals surface area contributed by atoms with E-state index in [1.807, 2.05) is 13.2 Å². The normalized spacial score (nSPS) is 14.0. The van der Waals surface area contributed by atoms with Crippen molar-refractivity contribution in [3.8, 4) is 0 Å². The minimum absolute atomic E-state index is 0.301. The summed E-state index contributed by atoms with van der Waals surface area (Å²) in [6, 6.07) is -0.394. The van der Waals surface area contributed by atoms with Crippen LogP contribution in [0.4, 0.5) is 0 Å². The first-order valence-electron chi connectivity index (χ1n) is 5.12. The van der Waals surface area contributed by atoms with Crippen LogP contribution in [0.25, 0.3) is 0 Å². The predicted molar refractivity (Wildman–Crippen MR) is 69.0 cm³/mol. The average molecular weight is 312 g/mol. The average Bonchev–Trinajstić information content (AvgIpc) is 2.31. The Morgan fingerprint density at radius 1 is 1.62 bits per heavy atom. The van der Waals surface area contributed by atoms with E-state index >= 15 is 0 Å². The molecular weight excluding hydrogens is 293 g/mol. The summed E-state index contributed by atoms with van der Waals surface area (Å²) in [7, 11) is 1.37. The summed E-state index contributed by atoms with van der Waals surface area (Å²) >= 11 is 4.42. The van der Waals surface area contributed by atoms with Crippen molar-refractivity contribution in [2.24, 2.45) is 0 Å². The molecule has 0 amide bonds. The van der Waals surface area contributed by atoms with Crippen molar-refractivity contribution >= 4 is 37.8 Å². The maximum atomic E-state index is 11.5. The third-order valence-corrected chi connectivity index (χ3v) is 3.56. The SMILES string of the molecule is CC[C@H](O)C(=[Se])N[C@@H](CCSC)C(=O)OC. The third kappa shape index (κ3) is 5.89. The van der Waals surface area contributed by atoms with Crippen molar-refractivity contribution in [3.05, 3.63) is 0 Å². The van der Waals surface area contributed by atoms with E-state index in [1.54, 1.807) is 11.8 Å². The fourth-order valence-corrected chi connectivity index (χ4v) is 2.20. The first-order valence-corrected chi connectivity index (χ1v) is 7.37. The number of carbonyl (C=O) groups is 1. The van der Waals surface area contributed by atoms with E-state index < -0.39 is 12.1 Å². The number of methoxy groups -OCH3 is 1. The van der Waals surface area contributed by atoms with Gasteiger partial charge in [-0.15, -0.1) is 0 Å². The van der Waals surface area contributed by atoms with Gasteiger partial charge in [-0.3, -0.25) is 0 Å². The van der Waals surface area contributed by atoms with E-state index in [0.717, 1.165) is 5.75 Å². The number of esters is 1. The van der Waals surface area contributed by atoms with Crippen molar-refractivity contribution in [1.29, 1.82) is 0 Å². The molecule has 0 aromatic carbocycles. The van der Waals surface area contributed by atoms with E-state index in [0.29, 0.717) is 17.4 Å². The van der Waals surface area contributed by atoms with Gasteiger partial charge in [0.1, 0.15) is 0 Å². The van der Waals surface area contributed by atoms with Crippen molar-refractivity contribution in [1.82, 2.24) is 5.32 Å². The number of hydrogen-bond donors (Lipinski definition) is 2. The maximum absolute atomic E-state index is 11.5. The number of aliphatic hydroxyl groups is 1. The van der Waals surface area contributed by atoms with Gasteiger partial charge in [-0.2, -0.15) is 0 Å². The molecule has 0 aliphatic carbocycles. The molecule has 4 nitrogen and oxygen atoms in total. The van der Waals surface area contributed by atoms with Crippen molar-refractivity contribution in [2.45, 2.75) is 31.9 Å². The van der Waals surface area contributed by atoms with Gasteiger partial charge in [-0.1, -0.05) is 0 Å². The molecule has 2 N–H and O–H groups in total. The molecule has 0 saturated carbocycles. The van der Waals surface area contributed by atoms with Crippen LogP contribution in [0.1, 0.15) is 19.8 Å². The van der Waals surface area contributed by atoms with Crippen molar-refractivity contribution in [2.75, 3.05) is 19.1 Å². The van der Waals surface area contributed by atoms with Gasteiger partial charge in [0, 0.05) is 0 Å². The molecule has 0 spiro atoms. The van der Waals surface area contributed by atoms with Gasteiger partial charge in [0.25, 0.3) is 0 Å². The third-order valence-electron chi connectivity index (χ3n) is 2.10. The molecule has 94 valence electrons. The molecule has 0 bridgehead atoms. The van der Waals surface area contributed by atoms with Crippen LogP contribution in [-0.4, -0.2) is 62.5 Å². The molecule has 0 aromatic rings. The molecule has 0 aliphatic heterocycles. The predicted octanol–water partition coefficient (Wildman–Crippen LogP) is -0.0600. The summed E-state index contributed by atoms with van der Waals surface area (Å²) in [6.45, 7) is 1.87. The second-order valence-electron chi connectivity index (χ2n) is 3.29. The number of rotatable bonds is 8. The molecule has 0 heterocycles. The molecule has 0 fully saturated rings. The second-order valence-corrected chi connectivity index (χ2v) is 5.20. The number of carbonyl (C=O) groups excluding carboxylic acids is 1. The number of thioether (sulfide) groups is 1. The molecule has 0 aliphatic rings. The van der Waals surface area contributed by atoms with Gasteiger partial charge in [-0.25, -0.2) is 0 Å². The fraction of sp³-hybridized carbons (Fsp3) is 0.800. The van der Waals surface area contributed by atoms with E-state index in [2.05, 4.69) is 20.9 Å². The molecule has 16 heavy (non-hydrogen) atoms. The molecule has 0 rings (SSSR count). The number of hydrogen-bond acceptors (Lipinski definition) is 5. The molecule has 6 heteroatoms. The monoisotopic (exact) mass is 313 g/mol. The van der Waals surface area contributed by atoms with Gasteiger partial charge in [-0.05, 0) is 0 Å². The van der Waals surface area contributed by atoms with Crippen LogP contribution < -0.4 is 5.32 Å². The Morgan fingerprint density at radius 3 is 2.69 bits per heavy atom.